The fraction of sp³-hybridized carbons (Fsp3) is 0.333. The number of rotatable bonds is 3. The molecule has 7 heteroatoms. The minimum atomic E-state index is -0.444. The summed E-state index contributed by atoms with van der Waals surface area (Å²) in [6.45, 7) is 5.55. The molecular weight excluding hydrogens is 246 g/mol. The topological polar surface area (TPSA) is 92.8 Å². The molecule has 2 rings (SSSR count). The number of carbonyl (C=O) groups excluding carboxylic acids is 1. The van der Waals surface area contributed by atoms with Gasteiger partial charge >= 0.3 is 0 Å². The number of hydrogen-bond acceptors (Lipinski definition) is 5. The second kappa shape index (κ2) is 5.15. The van der Waals surface area contributed by atoms with Crippen molar-refractivity contribution in [2.45, 2.75) is 26.4 Å². The molecule has 0 aliphatic carbocycles. The Hall–Kier alpha value is -2.28. The molecule has 0 aliphatic rings. The van der Waals surface area contributed by atoms with Crippen LogP contribution < -0.4 is 5.48 Å². The molecule has 1 aromatic heterocycles. The van der Waals surface area contributed by atoms with Gasteiger partial charge in [0.05, 0.1) is 5.60 Å². The highest BCUT2D eigenvalue weighted by molar-refractivity contribution is 5.94. The van der Waals surface area contributed by atoms with Gasteiger partial charge in [-0.05, 0) is 38.1 Å². The quantitative estimate of drug-likeness (QED) is 0.813. The summed E-state index contributed by atoms with van der Waals surface area (Å²) in [5.41, 5.74) is 3.13. The molecule has 7 nitrogen and oxygen atoms in total. The van der Waals surface area contributed by atoms with Gasteiger partial charge < -0.3 is 0 Å². The number of nitrogens with one attached hydrogen (secondary N) is 2. The predicted octanol–water partition coefficient (Wildman–Crippen LogP) is 1.33. The number of benzene rings is 1. The van der Waals surface area contributed by atoms with Crippen molar-refractivity contribution in [3.8, 4) is 11.4 Å². The number of H-pyrrole nitrogens is 1. The number of aromatic nitrogens is 4. The van der Waals surface area contributed by atoms with E-state index in [2.05, 4.69) is 26.1 Å². The van der Waals surface area contributed by atoms with E-state index in [-0.39, 0.29) is 5.91 Å². The molecule has 0 radical (unpaired) electrons. The van der Waals surface area contributed by atoms with Crippen molar-refractivity contribution in [1.82, 2.24) is 26.1 Å². The summed E-state index contributed by atoms with van der Waals surface area (Å²) in [4.78, 5) is 17.1. The van der Waals surface area contributed by atoms with Crippen molar-refractivity contribution in [3.63, 3.8) is 0 Å². The van der Waals surface area contributed by atoms with Crippen LogP contribution in [0.2, 0.25) is 0 Å². The Morgan fingerprint density at radius 1 is 1.37 bits per heavy atom. The lowest BCUT2D eigenvalue weighted by Crippen LogP contribution is -2.33. The molecule has 0 spiro atoms. The molecule has 0 atom stereocenters. The van der Waals surface area contributed by atoms with Gasteiger partial charge in [0.2, 0.25) is 5.82 Å². The standard InChI is InChI=1S/C12H15N5O2/c1-12(2,3)19-15-11(18)9-6-4-5-8(7-9)10-13-16-17-14-10/h4-7H,1-3H3,(H,15,18)(H,13,14,16,17). The van der Waals surface area contributed by atoms with E-state index in [1.54, 1.807) is 24.3 Å². The first-order valence-corrected chi connectivity index (χ1v) is 5.78. The van der Waals surface area contributed by atoms with Crippen molar-refractivity contribution in [3.05, 3.63) is 29.8 Å². The summed E-state index contributed by atoms with van der Waals surface area (Å²) >= 11 is 0. The van der Waals surface area contributed by atoms with Gasteiger partial charge in [0.15, 0.2) is 0 Å². The summed E-state index contributed by atoms with van der Waals surface area (Å²) in [5, 5.41) is 13.6. The van der Waals surface area contributed by atoms with Crippen LogP contribution in [0.5, 0.6) is 0 Å². The van der Waals surface area contributed by atoms with Gasteiger partial charge in [0.25, 0.3) is 5.91 Å². The van der Waals surface area contributed by atoms with E-state index in [1.807, 2.05) is 20.8 Å². The Morgan fingerprint density at radius 3 is 2.79 bits per heavy atom. The second-order valence-corrected chi connectivity index (χ2v) is 4.96. The average molecular weight is 261 g/mol. The smallest absolute Gasteiger partial charge is 0.268 e. The second-order valence-electron chi connectivity index (χ2n) is 4.96. The average Bonchev–Trinajstić information content (AvgIpc) is 2.89. The van der Waals surface area contributed by atoms with Crippen LogP contribution >= 0.6 is 0 Å². The lowest BCUT2D eigenvalue weighted by Gasteiger charge is -2.18. The zero-order valence-corrected chi connectivity index (χ0v) is 11.0. The van der Waals surface area contributed by atoms with E-state index < -0.39 is 5.60 Å². The minimum Gasteiger partial charge on any atom is -0.268 e. The van der Waals surface area contributed by atoms with Crippen molar-refractivity contribution < 1.29 is 9.63 Å². The van der Waals surface area contributed by atoms with E-state index in [4.69, 9.17) is 4.84 Å². The zero-order chi connectivity index (χ0) is 13.9. The maximum absolute atomic E-state index is 11.9. The molecular formula is C12H15N5O2. The third-order valence-electron chi connectivity index (χ3n) is 2.18. The Bertz CT molecular complexity index is 560. The lowest BCUT2D eigenvalue weighted by molar-refractivity contribution is -0.0589. The molecule has 1 heterocycles. The van der Waals surface area contributed by atoms with E-state index in [0.29, 0.717) is 17.0 Å². The van der Waals surface area contributed by atoms with Crippen LogP contribution in [0.4, 0.5) is 0 Å². The molecule has 2 aromatic rings. The Balaban J connectivity index is 2.13. The minimum absolute atomic E-state index is 0.319. The highest BCUT2D eigenvalue weighted by atomic mass is 16.7. The van der Waals surface area contributed by atoms with Crippen LogP contribution in [0.3, 0.4) is 0 Å². The Labute approximate surface area is 110 Å². The lowest BCUT2D eigenvalue weighted by atomic mass is 10.1. The molecule has 0 saturated carbocycles. The highest BCUT2D eigenvalue weighted by Crippen LogP contribution is 2.15. The van der Waals surface area contributed by atoms with Crippen LogP contribution in [0.1, 0.15) is 31.1 Å². The van der Waals surface area contributed by atoms with Gasteiger partial charge in [-0.1, -0.05) is 12.1 Å². The summed E-state index contributed by atoms with van der Waals surface area (Å²) in [7, 11) is 0. The summed E-state index contributed by atoms with van der Waals surface area (Å²) in [6.07, 6.45) is 0. The number of tetrazole rings is 1. The zero-order valence-electron chi connectivity index (χ0n) is 11.0. The molecule has 0 unspecified atom stereocenters. The maximum atomic E-state index is 11.9. The van der Waals surface area contributed by atoms with Crippen molar-refractivity contribution >= 4 is 5.91 Å². The maximum Gasteiger partial charge on any atom is 0.274 e. The summed E-state index contributed by atoms with van der Waals surface area (Å²) < 4.78 is 0. The number of amides is 1. The van der Waals surface area contributed by atoms with Crippen LogP contribution in [0.25, 0.3) is 11.4 Å². The molecule has 0 aliphatic heterocycles. The highest BCUT2D eigenvalue weighted by Gasteiger charge is 2.14. The van der Waals surface area contributed by atoms with Gasteiger partial charge in [-0.15, -0.1) is 10.2 Å². The van der Waals surface area contributed by atoms with Gasteiger partial charge in [0.1, 0.15) is 0 Å². The molecule has 0 saturated heterocycles. The van der Waals surface area contributed by atoms with Crippen molar-refractivity contribution in [2.24, 2.45) is 0 Å². The number of hydrogen-bond donors (Lipinski definition) is 2. The first kappa shape index (κ1) is 13.2. The van der Waals surface area contributed by atoms with Gasteiger partial charge in [0, 0.05) is 11.1 Å². The van der Waals surface area contributed by atoms with Crippen LogP contribution in [0.15, 0.2) is 24.3 Å². The fourth-order valence-electron chi connectivity index (χ4n) is 1.34. The largest absolute Gasteiger partial charge is 0.274 e. The van der Waals surface area contributed by atoms with E-state index in [9.17, 15) is 4.79 Å². The van der Waals surface area contributed by atoms with Crippen molar-refractivity contribution in [2.75, 3.05) is 0 Å². The molecule has 100 valence electrons. The first-order chi connectivity index (χ1) is 8.96. The van der Waals surface area contributed by atoms with Crippen LogP contribution in [-0.4, -0.2) is 32.1 Å². The summed E-state index contributed by atoms with van der Waals surface area (Å²) in [5.74, 6) is 0.117. The SMILES string of the molecule is CC(C)(C)ONC(=O)c1cccc(-c2nn[nH]n2)c1. The molecule has 19 heavy (non-hydrogen) atoms. The normalized spacial score (nSPS) is 11.3. The van der Waals surface area contributed by atoms with Crippen molar-refractivity contribution in [1.29, 1.82) is 0 Å². The predicted molar refractivity (Wildman–Crippen MR) is 67.9 cm³/mol. The van der Waals surface area contributed by atoms with E-state index >= 15 is 0 Å². The monoisotopic (exact) mass is 261 g/mol. The third kappa shape index (κ3) is 3.59. The molecule has 1 amide bonds. The fourth-order valence-corrected chi connectivity index (χ4v) is 1.34. The van der Waals surface area contributed by atoms with E-state index in [1.165, 1.54) is 0 Å². The molecule has 0 fully saturated rings. The number of carbonyl (C=O) groups is 1. The van der Waals surface area contributed by atoms with Gasteiger partial charge in [-0.2, -0.15) is 5.21 Å². The van der Waals surface area contributed by atoms with Gasteiger partial charge in [-0.25, -0.2) is 5.48 Å². The Kier molecular flexibility index (Phi) is 3.57. The third-order valence-corrected chi connectivity index (χ3v) is 2.18. The molecule has 2 N–H and O–H groups in total. The molecule has 0 bridgehead atoms. The number of nitrogens with zero attached hydrogens (tertiary/aromatic N) is 3. The summed E-state index contributed by atoms with van der Waals surface area (Å²) in [6, 6.07) is 6.90. The van der Waals surface area contributed by atoms with Crippen LogP contribution in [0, 0.1) is 0 Å². The first-order valence-electron chi connectivity index (χ1n) is 5.78. The number of hydroxylamine groups is 1. The van der Waals surface area contributed by atoms with E-state index in [0.717, 1.165) is 0 Å². The Morgan fingerprint density at radius 2 is 2.16 bits per heavy atom. The number of aromatic amines is 1. The van der Waals surface area contributed by atoms with Crippen LogP contribution in [-0.2, 0) is 4.84 Å². The molecule has 1 aromatic carbocycles. The van der Waals surface area contributed by atoms with Gasteiger partial charge in [-0.3, -0.25) is 9.63 Å².